The van der Waals surface area contributed by atoms with Gasteiger partial charge in [-0.1, -0.05) is 0 Å². The summed E-state index contributed by atoms with van der Waals surface area (Å²) in [6.45, 7) is 0. The van der Waals surface area contributed by atoms with Gasteiger partial charge in [-0.3, -0.25) is 4.67 Å². The fraction of sp³-hybridized carbons (Fsp3) is 1.00. The molecule has 0 N–H and O–H groups in total. The number of alkyl halides is 2. The van der Waals surface area contributed by atoms with E-state index in [-0.39, 0.29) is 11.2 Å². The molecule has 0 aliphatic carbocycles. The second-order valence-corrected chi connectivity index (χ2v) is 6.34. The average Bonchev–Trinajstić information content (AvgIpc) is 1.86. The summed E-state index contributed by atoms with van der Waals surface area (Å²) in [5, 5.41) is 0. The van der Waals surface area contributed by atoms with Crippen molar-refractivity contribution in [3.8, 4) is 0 Å². The molecule has 9 heavy (non-hydrogen) atoms. The predicted octanol–water partition coefficient (Wildman–Crippen LogP) is 2.22. The van der Waals surface area contributed by atoms with Gasteiger partial charge in [-0.25, -0.2) is 0 Å². The van der Waals surface area contributed by atoms with Crippen LogP contribution in [0.3, 0.4) is 0 Å². The van der Waals surface area contributed by atoms with E-state index < -0.39 is 7.29 Å². The molecule has 0 aliphatic rings. The van der Waals surface area contributed by atoms with Gasteiger partial charge in [-0.05, 0) is 14.1 Å². The van der Waals surface area contributed by atoms with Crippen molar-refractivity contribution in [1.82, 2.24) is 4.67 Å². The molecule has 0 saturated carbocycles. The van der Waals surface area contributed by atoms with E-state index in [1.54, 1.807) is 18.8 Å². The van der Waals surface area contributed by atoms with E-state index in [1.807, 2.05) is 0 Å². The Hall–Kier alpha value is 0.770. The van der Waals surface area contributed by atoms with E-state index in [0.717, 1.165) is 0 Å². The summed E-state index contributed by atoms with van der Waals surface area (Å²) in [5.74, 6) is 0. The maximum Gasteiger partial charge on any atom is 0.178 e. The zero-order valence-corrected chi connectivity index (χ0v) is 7.88. The molecule has 0 radical (unpaired) electrons. The molecule has 56 valence electrons. The first-order valence-corrected chi connectivity index (χ1v) is 5.54. The Balaban J connectivity index is 4.11. The molecule has 0 aliphatic heterocycles. The topological polar surface area (TPSA) is 20.3 Å². The highest BCUT2D eigenvalue weighted by Gasteiger charge is 2.21. The summed E-state index contributed by atoms with van der Waals surface area (Å²) in [6, 6.07) is 0. The third-order valence-corrected chi connectivity index (χ3v) is 5.55. The zero-order valence-electron chi connectivity index (χ0n) is 5.47. The van der Waals surface area contributed by atoms with Crippen molar-refractivity contribution in [3.05, 3.63) is 0 Å². The molecule has 0 aromatic heterocycles. The number of halogens is 2. The molecule has 0 aromatic rings. The van der Waals surface area contributed by atoms with Crippen LogP contribution >= 0.6 is 30.5 Å². The molecule has 5 heteroatoms. The lowest BCUT2D eigenvalue weighted by Gasteiger charge is -2.19. The highest BCUT2D eigenvalue weighted by molar-refractivity contribution is 7.64. The van der Waals surface area contributed by atoms with Crippen LogP contribution in [0.1, 0.15) is 0 Å². The summed E-state index contributed by atoms with van der Waals surface area (Å²) in [7, 11) is 1.04. The standard InChI is InChI=1S/C4H10Cl2NOP/c1-7(2)9(8,3-5)4-6/h3-4H2,1-2H3. The van der Waals surface area contributed by atoms with Crippen molar-refractivity contribution in [2.24, 2.45) is 0 Å². The SMILES string of the molecule is CN(C)P(=O)(CCl)CCl. The first kappa shape index (κ1) is 9.77. The summed E-state index contributed by atoms with van der Waals surface area (Å²) in [6.07, 6.45) is 0. The van der Waals surface area contributed by atoms with E-state index in [9.17, 15) is 4.57 Å². The number of hydrogen-bond acceptors (Lipinski definition) is 1. The van der Waals surface area contributed by atoms with Gasteiger partial charge in [0.1, 0.15) is 0 Å². The molecule has 0 amide bonds. The molecule has 0 unspecified atom stereocenters. The van der Waals surface area contributed by atoms with E-state index in [0.29, 0.717) is 0 Å². The molecule has 0 bridgehead atoms. The maximum absolute atomic E-state index is 11.3. The Labute approximate surface area is 65.5 Å². The van der Waals surface area contributed by atoms with Gasteiger partial charge in [0.15, 0.2) is 7.29 Å². The molecule has 0 rings (SSSR count). The molecule has 0 aromatic carbocycles. The summed E-state index contributed by atoms with van der Waals surface area (Å²) < 4.78 is 12.9. The van der Waals surface area contributed by atoms with Crippen molar-refractivity contribution in [3.63, 3.8) is 0 Å². The third-order valence-electron chi connectivity index (χ3n) is 1.10. The van der Waals surface area contributed by atoms with Crippen LogP contribution < -0.4 is 0 Å². The van der Waals surface area contributed by atoms with Gasteiger partial charge in [0.05, 0.1) is 11.2 Å². The third kappa shape index (κ3) is 2.46. The molecular formula is C4H10Cl2NOP. The van der Waals surface area contributed by atoms with Crippen LogP contribution in [0, 0.1) is 0 Å². The Morgan fingerprint density at radius 1 is 1.33 bits per heavy atom. The molecule has 0 fully saturated rings. The van der Waals surface area contributed by atoms with Gasteiger partial charge >= 0.3 is 0 Å². The molecular weight excluding hydrogens is 180 g/mol. The second kappa shape index (κ2) is 3.82. The Morgan fingerprint density at radius 2 is 1.67 bits per heavy atom. The highest BCUT2D eigenvalue weighted by Crippen LogP contribution is 2.48. The average molecular weight is 190 g/mol. The van der Waals surface area contributed by atoms with Crippen LogP contribution in [-0.4, -0.2) is 30.0 Å². The summed E-state index contributed by atoms with van der Waals surface area (Å²) in [5.41, 5.74) is 0.257. The van der Waals surface area contributed by atoms with Gasteiger partial charge in [-0.15, -0.1) is 23.2 Å². The van der Waals surface area contributed by atoms with E-state index in [2.05, 4.69) is 0 Å². The summed E-state index contributed by atoms with van der Waals surface area (Å²) in [4.78, 5) is 0. The zero-order chi connectivity index (χ0) is 7.49. The van der Waals surface area contributed by atoms with Gasteiger partial charge in [0.2, 0.25) is 0 Å². The highest BCUT2D eigenvalue weighted by atomic mass is 35.5. The molecule has 0 heterocycles. The van der Waals surface area contributed by atoms with Gasteiger partial charge in [0.25, 0.3) is 0 Å². The predicted molar refractivity (Wildman–Crippen MR) is 42.7 cm³/mol. The lowest BCUT2D eigenvalue weighted by atomic mass is 11.3. The van der Waals surface area contributed by atoms with Crippen molar-refractivity contribution in [2.45, 2.75) is 0 Å². The second-order valence-electron chi connectivity index (χ2n) is 1.93. The Morgan fingerprint density at radius 3 is 1.67 bits per heavy atom. The van der Waals surface area contributed by atoms with Crippen LogP contribution in [0.4, 0.5) is 0 Å². The van der Waals surface area contributed by atoms with Crippen molar-refractivity contribution >= 4 is 30.5 Å². The largest absolute Gasteiger partial charge is 0.304 e. The molecule has 0 saturated heterocycles. The lowest BCUT2D eigenvalue weighted by molar-refractivity contribution is 0.523. The first-order chi connectivity index (χ1) is 4.06. The van der Waals surface area contributed by atoms with Crippen LogP contribution in [0.25, 0.3) is 0 Å². The van der Waals surface area contributed by atoms with Crippen LogP contribution in [-0.2, 0) is 4.57 Å². The minimum Gasteiger partial charge on any atom is -0.304 e. The van der Waals surface area contributed by atoms with E-state index in [4.69, 9.17) is 23.2 Å². The minimum absolute atomic E-state index is 0.128. The molecule has 2 nitrogen and oxygen atoms in total. The Bertz CT molecular complexity index is 120. The van der Waals surface area contributed by atoms with Crippen molar-refractivity contribution in [2.75, 3.05) is 25.3 Å². The lowest BCUT2D eigenvalue weighted by Crippen LogP contribution is -2.09. The van der Waals surface area contributed by atoms with Crippen molar-refractivity contribution in [1.29, 1.82) is 0 Å². The summed E-state index contributed by atoms with van der Waals surface area (Å²) >= 11 is 10.8. The normalized spacial score (nSPS) is 12.6. The monoisotopic (exact) mass is 189 g/mol. The molecule has 0 spiro atoms. The number of rotatable bonds is 3. The van der Waals surface area contributed by atoms with Crippen LogP contribution in [0.2, 0.25) is 0 Å². The number of hydrogen-bond donors (Lipinski definition) is 0. The van der Waals surface area contributed by atoms with Gasteiger partial charge < -0.3 is 4.57 Å². The van der Waals surface area contributed by atoms with E-state index in [1.165, 1.54) is 0 Å². The minimum atomic E-state index is -2.39. The van der Waals surface area contributed by atoms with Gasteiger partial charge in [0, 0.05) is 0 Å². The quantitative estimate of drug-likeness (QED) is 0.502. The van der Waals surface area contributed by atoms with Crippen molar-refractivity contribution < 1.29 is 4.57 Å². The Kier molecular flexibility index (Phi) is 4.15. The van der Waals surface area contributed by atoms with Crippen LogP contribution in [0.5, 0.6) is 0 Å². The maximum atomic E-state index is 11.3. The number of nitrogens with zero attached hydrogens (tertiary/aromatic N) is 1. The van der Waals surface area contributed by atoms with Crippen LogP contribution in [0.15, 0.2) is 0 Å². The molecule has 0 atom stereocenters. The fourth-order valence-electron chi connectivity index (χ4n) is 0.246. The van der Waals surface area contributed by atoms with Gasteiger partial charge in [-0.2, -0.15) is 0 Å². The smallest absolute Gasteiger partial charge is 0.178 e. The first-order valence-electron chi connectivity index (χ1n) is 2.44. The van der Waals surface area contributed by atoms with E-state index >= 15 is 0 Å². The fourth-order valence-corrected chi connectivity index (χ4v) is 2.79.